The minimum atomic E-state index is -1.70. The van der Waals surface area contributed by atoms with Crippen LogP contribution in [0.25, 0.3) is 0 Å². The second-order valence-electron chi connectivity index (χ2n) is 9.58. The molecule has 2 N–H and O–H groups in total. The van der Waals surface area contributed by atoms with Crippen LogP contribution in [0.2, 0.25) is 11.1 Å². The highest BCUT2D eigenvalue weighted by Gasteiger charge is 2.52. The molecule has 2 rings (SSSR count). The topological polar surface area (TPSA) is 24.1 Å². The first-order valence-corrected chi connectivity index (χ1v) is 11.4. The molecule has 0 aromatic carbocycles. The van der Waals surface area contributed by atoms with Crippen LogP contribution in [0.5, 0.6) is 0 Å². The van der Waals surface area contributed by atoms with Crippen molar-refractivity contribution in [1.29, 1.82) is 0 Å². The molecular formula is C18H38N2Si. The van der Waals surface area contributed by atoms with Gasteiger partial charge in [0.15, 0.2) is 0 Å². The maximum absolute atomic E-state index is 4.24. The summed E-state index contributed by atoms with van der Waals surface area (Å²) in [4.78, 5) is 8.48. The van der Waals surface area contributed by atoms with Crippen molar-refractivity contribution in [3.8, 4) is 0 Å². The van der Waals surface area contributed by atoms with Crippen LogP contribution in [0.1, 0.15) is 92.9 Å². The molecule has 2 aliphatic carbocycles. The summed E-state index contributed by atoms with van der Waals surface area (Å²) in [5.41, 5.74) is 2.30. The third-order valence-electron chi connectivity index (χ3n) is 5.16. The lowest BCUT2D eigenvalue weighted by Gasteiger charge is -2.50. The van der Waals surface area contributed by atoms with Crippen LogP contribution in [0, 0.1) is 0 Å². The van der Waals surface area contributed by atoms with Gasteiger partial charge in [-0.3, -0.25) is 0 Å². The van der Waals surface area contributed by atoms with Gasteiger partial charge in [-0.25, -0.2) is 0 Å². The minimum absolute atomic E-state index is 0.218. The average molecular weight is 311 g/mol. The van der Waals surface area contributed by atoms with E-state index in [1.807, 2.05) is 0 Å². The Morgan fingerprint density at radius 1 is 0.619 bits per heavy atom. The molecular weight excluding hydrogens is 272 g/mol. The van der Waals surface area contributed by atoms with E-state index in [4.69, 9.17) is 0 Å². The molecule has 2 aliphatic rings. The van der Waals surface area contributed by atoms with Crippen molar-refractivity contribution in [3.05, 3.63) is 0 Å². The first-order chi connectivity index (χ1) is 9.62. The van der Waals surface area contributed by atoms with Gasteiger partial charge < -0.3 is 9.96 Å². The first-order valence-electron chi connectivity index (χ1n) is 9.21. The van der Waals surface area contributed by atoms with Crippen LogP contribution < -0.4 is 9.96 Å². The van der Waals surface area contributed by atoms with Crippen molar-refractivity contribution in [2.75, 3.05) is 0 Å². The SMILES string of the molecule is CC(C)(C)N[Si](NC(C)(C)C)(C1CCCC1)C1CCCC1. The molecule has 0 radical (unpaired) electrons. The fourth-order valence-electron chi connectivity index (χ4n) is 4.78. The van der Waals surface area contributed by atoms with Crippen molar-refractivity contribution in [2.45, 2.75) is 115 Å². The Kier molecular flexibility index (Phi) is 5.27. The molecule has 0 amide bonds. The Labute approximate surface area is 134 Å². The summed E-state index contributed by atoms with van der Waals surface area (Å²) in [5.74, 6) is 0. The van der Waals surface area contributed by atoms with Crippen LogP contribution in [0.3, 0.4) is 0 Å². The third kappa shape index (κ3) is 4.55. The van der Waals surface area contributed by atoms with Crippen molar-refractivity contribution in [1.82, 2.24) is 9.96 Å². The van der Waals surface area contributed by atoms with Crippen LogP contribution in [0.4, 0.5) is 0 Å². The van der Waals surface area contributed by atoms with Gasteiger partial charge >= 0.3 is 0 Å². The molecule has 124 valence electrons. The van der Waals surface area contributed by atoms with Gasteiger partial charge in [0.25, 0.3) is 0 Å². The van der Waals surface area contributed by atoms with E-state index < -0.39 is 8.40 Å². The summed E-state index contributed by atoms with van der Waals surface area (Å²) < 4.78 is 0. The molecule has 0 bridgehead atoms. The monoisotopic (exact) mass is 310 g/mol. The Hall–Kier alpha value is 0.137. The minimum Gasteiger partial charge on any atom is -0.320 e. The number of nitrogens with one attached hydrogen (secondary N) is 2. The van der Waals surface area contributed by atoms with E-state index in [9.17, 15) is 0 Å². The van der Waals surface area contributed by atoms with Crippen molar-refractivity contribution in [3.63, 3.8) is 0 Å². The Morgan fingerprint density at radius 2 is 0.905 bits per heavy atom. The van der Waals surface area contributed by atoms with Gasteiger partial charge in [-0.2, -0.15) is 0 Å². The molecule has 2 nitrogen and oxygen atoms in total. The van der Waals surface area contributed by atoms with Gasteiger partial charge in [-0.1, -0.05) is 51.4 Å². The maximum atomic E-state index is 4.24. The second kappa shape index (κ2) is 6.33. The van der Waals surface area contributed by atoms with Crippen LogP contribution in [-0.2, 0) is 0 Å². The standard InChI is InChI=1S/C18H38N2Si/c1-17(2,3)19-21(20-18(4,5)6,15-11-7-8-12-15)16-13-9-10-14-16/h15-16,19-20H,7-14H2,1-6H3. The molecule has 0 atom stereocenters. The summed E-state index contributed by atoms with van der Waals surface area (Å²) in [5, 5.41) is 0. The van der Waals surface area contributed by atoms with E-state index in [2.05, 4.69) is 51.5 Å². The van der Waals surface area contributed by atoms with Gasteiger partial charge in [0.05, 0.1) is 0 Å². The lowest BCUT2D eigenvalue weighted by atomic mass is 10.1. The van der Waals surface area contributed by atoms with E-state index in [1.54, 1.807) is 0 Å². The molecule has 0 heterocycles. The molecule has 0 saturated heterocycles. The van der Waals surface area contributed by atoms with Crippen molar-refractivity contribution < 1.29 is 0 Å². The zero-order valence-corrected chi connectivity index (χ0v) is 16.3. The summed E-state index contributed by atoms with van der Waals surface area (Å²) >= 11 is 0. The van der Waals surface area contributed by atoms with Gasteiger partial charge in [0.1, 0.15) is 0 Å². The lowest BCUT2D eigenvalue weighted by molar-refractivity contribution is 0.434. The quantitative estimate of drug-likeness (QED) is 0.706. The predicted octanol–water partition coefficient (Wildman–Crippen LogP) is 5.09. The number of hydrogen-bond donors (Lipinski definition) is 2. The fraction of sp³-hybridized carbons (Fsp3) is 1.00. The number of rotatable bonds is 4. The fourth-order valence-corrected chi connectivity index (χ4v) is 11.4. The maximum Gasteiger partial charge on any atom is 0.208 e. The second-order valence-corrected chi connectivity index (χ2v) is 13.5. The van der Waals surface area contributed by atoms with Gasteiger partial charge in [-0.15, -0.1) is 0 Å². The van der Waals surface area contributed by atoms with E-state index in [1.165, 1.54) is 51.4 Å². The summed E-state index contributed by atoms with van der Waals surface area (Å²) in [6.45, 7) is 14.2. The van der Waals surface area contributed by atoms with E-state index in [0.29, 0.717) is 0 Å². The lowest BCUT2D eigenvalue weighted by Crippen LogP contribution is -2.75. The van der Waals surface area contributed by atoms with Crippen molar-refractivity contribution >= 4 is 8.40 Å². The molecule has 0 unspecified atom stereocenters. The van der Waals surface area contributed by atoms with E-state index in [0.717, 1.165) is 11.1 Å². The Bertz CT molecular complexity index is 294. The van der Waals surface area contributed by atoms with Crippen LogP contribution in [-0.4, -0.2) is 19.5 Å². The summed E-state index contributed by atoms with van der Waals surface area (Å²) in [6, 6.07) is 0. The molecule has 21 heavy (non-hydrogen) atoms. The molecule has 0 aromatic heterocycles. The Morgan fingerprint density at radius 3 is 1.14 bits per heavy atom. The summed E-state index contributed by atoms with van der Waals surface area (Å²) in [7, 11) is -1.70. The van der Waals surface area contributed by atoms with Gasteiger partial charge in [-0.05, 0) is 52.6 Å². The highest BCUT2D eigenvalue weighted by Crippen LogP contribution is 2.48. The largest absolute Gasteiger partial charge is 0.320 e. The molecule has 3 heteroatoms. The number of hydrogen-bond acceptors (Lipinski definition) is 2. The molecule has 0 aliphatic heterocycles. The zero-order chi connectivity index (χ0) is 15.7. The normalized spacial score (nSPS) is 23.1. The average Bonchev–Trinajstić information content (AvgIpc) is 2.98. The predicted molar refractivity (Wildman–Crippen MR) is 96.0 cm³/mol. The molecule has 0 aromatic rings. The van der Waals surface area contributed by atoms with Gasteiger partial charge in [0.2, 0.25) is 8.40 Å². The van der Waals surface area contributed by atoms with E-state index >= 15 is 0 Å². The highest BCUT2D eigenvalue weighted by atomic mass is 28.3. The molecule has 2 fully saturated rings. The Balaban J connectivity index is 2.35. The van der Waals surface area contributed by atoms with Crippen LogP contribution in [0.15, 0.2) is 0 Å². The van der Waals surface area contributed by atoms with E-state index in [-0.39, 0.29) is 11.1 Å². The molecule has 2 saturated carbocycles. The zero-order valence-electron chi connectivity index (χ0n) is 15.3. The smallest absolute Gasteiger partial charge is 0.208 e. The first kappa shape index (κ1) is 17.5. The van der Waals surface area contributed by atoms with Crippen LogP contribution >= 0.6 is 0 Å². The van der Waals surface area contributed by atoms with Crippen molar-refractivity contribution in [2.24, 2.45) is 0 Å². The van der Waals surface area contributed by atoms with Gasteiger partial charge in [0, 0.05) is 11.1 Å². The summed E-state index contributed by atoms with van der Waals surface area (Å²) in [6.07, 6.45) is 11.6. The molecule has 0 spiro atoms. The third-order valence-corrected chi connectivity index (χ3v) is 11.2. The highest BCUT2D eigenvalue weighted by molar-refractivity contribution is 6.78.